The third-order valence-electron chi connectivity index (χ3n) is 3.59. The standard InChI is InChI=1S/C12H15N3O/c16-12-4-9-5-14-6-10(9)8-15(12)11-2-1-3-13-7-11/h1-3,7,9-10,14H,4-6,8H2/t9-,10-/m0/s1. The van der Waals surface area contributed by atoms with Gasteiger partial charge in [-0.15, -0.1) is 0 Å². The maximum atomic E-state index is 12.0. The summed E-state index contributed by atoms with van der Waals surface area (Å²) in [4.78, 5) is 18.0. The van der Waals surface area contributed by atoms with Crippen LogP contribution in [0.4, 0.5) is 5.69 Å². The Labute approximate surface area is 94.7 Å². The third kappa shape index (κ3) is 1.59. The first-order valence-corrected chi connectivity index (χ1v) is 5.75. The van der Waals surface area contributed by atoms with Crippen LogP contribution in [0.5, 0.6) is 0 Å². The van der Waals surface area contributed by atoms with E-state index >= 15 is 0 Å². The highest BCUT2D eigenvalue weighted by Crippen LogP contribution is 2.30. The first-order valence-electron chi connectivity index (χ1n) is 5.75. The molecule has 4 heteroatoms. The van der Waals surface area contributed by atoms with Crippen molar-refractivity contribution >= 4 is 11.6 Å². The molecule has 2 aliphatic heterocycles. The zero-order valence-electron chi connectivity index (χ0n) is 9.10. The smallest absolute Gasteiger partial charge is 0.227 e. The number of hydrogen-bond acceptors (Lipinski definition) is 3. The molecule has 2 atom stereocenters. The third-order valence-corrected chi connectivity index (χ3v) is 3.59. The largest absolute Gasteiger partial charge is 0.316 e. The molecule has 1 aromatic heterocycles. The van der Waals surface area contributed by atoms with Crippen LogP contribution in [0.25, 0.3) is 0 Å². The van der Waals surface area contributed by atoms with Crippen molar-refractivity contribution in [3.63, 3.8) is 0 Å². The lowest BCUT2D eigenvalue weighted by atomic mass is 9.88. The number of amides is 1. The van der Waals surface area contributed by atoms with Crippen molar-refractivity contribution < 1.29 is 4.79 Å². The summed E-state index contributed by atoms with van der Waals surface area (Å²) in [6.45, 7) is 2.87. The number of fused-ring (bicyclic) bond motifs is 1. The molecule has 16 heavy (non-hydrogen) atoms. The number of nitrogens with zero attached hydrogens (tertiary/aromatic N) is 2. The Morgan fingerprint density at radius 2 is 2.25 bits per heavy atom. The molecule has 3 rings (SSSR count). The van der Waals surface area contributed by atoms with Crippen molar-refractivity contribution in [3.8, 4) is 0 Å². The average molecular weight is 217 g/mol. The topological polar surface area (TPSA) is 45.2 Å². The van der Waals surface area contributed by atoms with Crippen molar-refractivity contribution in [2.24, 2.45) is 11.8 Å². The number of anilines is 1. The molecule has 0 radical (unpaired) electrons. The van der Waals surface area contributed by atoms with E-state index in [0.29, 0.717) is 18.3 Å². The fourth-order valence-corrected chi connectivity index (χ4v) is 2.67. The minimum absolute atomic E-state index is 0.234. The van der Waals surface area contributed by atoms with E-state index in [-0.39, 0.29) is 5.91 Å². The lowest BCUT2D eigenvalue weighted by Gasteiger charge is -2.33. The van der Waals surface area contributed by atoms with Gasteiger partial charge in [0.1, 0.15) is 0 Å². The van der Waals surface area contributed by atoms with Crippen LogP contribution in [-0.4, -0.2) is 30.5 Å². The van der Waals surface area contributed by atoms with E-state index in [4.69, 9.17) is 0 Å². The van der Waals surface area contributed by atoms with Crippen LogP contribution < -0.4 is 10.2 Å². The summed E-state index contributed by atoms with van der Waals surface area (Å²) in [6, 6.07) is 3.83. The molecule has 0 unspecified atom stereocenters. The Bertz CT molecular complexity index is 393. The van der Waals surface area contributed by atoms with Gasteiger partial charge in [-0.1, -0.05) is 0 Å². The number of carbonyl (C=O) groups is 1. The van der Waals surface area contributed by atoms with Crippen LogP contribution in [0.2, 0.25) is 0 Å². The van der Waals surface area contributed by atoms with Gasteiger partial charge in [0.05, 0.1) is 11.9 Å². The first-order chi connectivity index (χ1) is 7.84. The van der Waals surface area contributed by atoms with Crippen LogP contribution >= 0.6 is 0 Å². The Hall–Kier alpha value is -1.42. The molecule has 1 N–H and O–H groups in total. The predicted molar refractivity (Wildman–Crippen MR) is 61.1 cm³/mol. The molecule has 0 saturated carbocycles. The number of pyridine rings is 1. The number of piperidine rings is 1. The quantitative estimate of drug-likeness (QED) is 0.751. The van der Waals surface area contributed by atoms with Gasteiger partial charge in [0, 0.05) is 19.2 Å². The molecule has 2 aliphatic rings. The molecule has 0 aromatic carbocycles. The van der Waals surface area contributed by atoms with Crippen LogP contribution in [0.3, 0.4) is 0 Å². The van der Waals surface area contributed by atoms with E-state index in [2.05, 4.69) is 10.3 Å². The van der Waals surface area contributed by atoms with Crippen LogP contribution in [0, 0.1) is 11.8 Å². The maximum Gasteiger partial charge on any atom is 0.227 e. The van der Waals surface area contributed by atoms with Gasteiger partial charge in [0.25, 0.3) is 0 Å². The molecule has 0 aliphatic carbocycles. The van der Waals surface area contributed by atoms with Crippen molar-refractivity contribution in [1.82, 2.24) is 10.3 Å². The number of hydrogen-bond donors (Lipinski definition) is 1. The average Bonchev–Trinajstić information content (AvgIpc) is 2.76. The predicted octanol–water partition coefficient (Wildman–Crippen LogP) is 0.654. The second kappa shape index (κ2) is 3.87. The molecule has 3 heterocycles. The van der Waals surface area contributed by atoms with Gasteiger partial charge in [-0.05, 0) is 37.1 Å². The van der Waals surface area contributed by atoms with Gasteiger partial charge < -0.3 is 10.2 Å². The second-order valence-electron chi connectivity index (χ2n) is 4.60. The minimum atomic E-state index is 0.234. The molecule has 2 fully saturated rings. The Balaban J connectivity index is 1.83. The highest BCUT2D eigenvalue weighted by Gasteiger charge is 2.37. The van der Waals surface area contributed by atoms with E-state index in [1.807, 2.05) is 17.0 Å². The lowest BCUT2D eigenvalue weighted by Crippen LogP contribution is -2.44. The molecule has 84 valence electrons. The summed E-state index contributed by atoms with van der Waals surface area (Å²) < 4.78 is 0. The van der Waals surface area contributed by atoms with Crippen molar-refractivity contribution in [1.29, 1.82) is 0 Å². The van der Waals surface area contributed by atoms with Gasteiger partial charge >= 0.3 is 0 Å². The van der Waals surface area contributed by atoms with Gasteiger partial charge in [-0.25, -0.2) is 0 Å². The molecular formula is C12H15N3O. The van der Waals surface area contributed by atoms with E-state index in [9.17, 15) is 4.79 Å². The fraction of sp³-hybridized carbons (Fsp3) is 0.500. The van der Waals surface area contributed by atoms with Gasteiger partial charge in [-0.3, -0.25) is 9.78 Å². The Morgan fingerprint density at radius 1 is 1.38 bits per heavy atom. The Kier molecular flexibility index (Phi) is 2.36. The minimum Gasteiger partial charge on any atom is -0.316 e. The number of carbonyl (C=O) groups excluding carboxylic acids is 1. The molecule has 4 nitrogen and oxygen atoms in total. The van der Waals surface area contributed by atoms with E-state index in [1.54, 1.807) is 12.4 Å². The summed E-state index contributed by atoms with van der Waals surface area (Å²) in [5.41, 5.74) is 0.929. The first kappa shape index (κ1) is 9.78. The van der Waals surface area contributed by atoms with Crippen LogP contribution in [0.1, 0.15) is 6.42 Å². The molecule has 0 spiro atoms. The SMILES string of the molecule is O=C1C[C@H]2CNC[C@H]2CN1c1cccnc1. The normalized spacial score (nSPS) is 29.2. The highest BCUT2D eigenvalue weighted by molar-refractivity contribution is 5.94. The van der Waals surface area contributed by atoms with Crippen LogP contribution in [-0.2, 0) is 4.79 Å². The monoisotopic (exact) mass is 217 g/mol. The maximum absolute atomic E-state index is 12.0. The summed E-state index contributed by atoms with van der Waals surface area (Å²) in [5.74, 6) is 1.39. The van der Waals surface area contributed by atoms with Crippen molar-refractivity contribution in [2.45, 2.75) is 6.42 Å². The van der Waals surface area contributed by atoms with Crippen molar-refractivity contribution in [3.05, 3.63) is 24.5 Å². The molecular weight excluding hydrogens is 202 g/mol. The zero-order chi connectivity index (χ0) is 11.0. The second-order valence-corrected chi connectivity index (χ2v) is 4.60. The lowest BCUT2D eigenvalue weighted by molar-refractivity contribution is -0.121. The highest BCUT2D eigenvalue weighted by atomic mass is 16.2. The molecule has 1 aromatic rings. The number of nitrogens with one attached hydrogen (secondary N) is 1. The molecule has 2 saturated heterocycles. The number of rotatable bonds is 1. The van der Waals surface area contributed by atoms with Crippen molar-refractivity contribution in [2.75, 3.05) is 24.5 Å². The zero-order valence-corrected chi connectivity index (χ0v) is 9.10. The summed E-state index contributed by atoms with van der Waals surface area (Å²) in [5, 5.41) is 3.36. The fourth-order valence-electron chi connectivity index (χ4n) is 2.67. The Morgan fingerprint density at radius 3 is 3.06 bits per heavy atom. The summed E-state index contributed by atoms with van der Waals surface area (Å²) in [6.07, 6.45) is 4.17. The van der Waals surface area contributed by atoms with Crippen LogP contribution in [0.15, 0.2) is 24.5 Å². The number of aromatic nitrogens is 1. The summed E-state index contributed by atoms with van der Waals surface area (Å²) in [7, 11) is 0. The van der Waals surface area contributed by atoms with Gasteiger partial charge in [-0.2, -0.15) is 0 Å². The summed E-state index contributed by atoms with van der Waals surface area (Å²) >= 11 is 0. The van der Waals surface area contributed by atoms with E-state index in [1.165, 1.54) is 0 Å². The van der Waals surface area contributed by atoms with E-state index < -0.39 is 0 Å². The van der Waals surface area contributed by atoms with E-state index in [0.717, 1.165) is 25.3 Å². The molecule has 1 amide bonds. The van der Waals surface area contributed by atoms with Gasteiger partial charge in [0.15, 0.2) is 0 Å². The van der Waals surface area contributed by atoms with Gasteiger partial charge in [0.2, 0.25) is 5.91 Å². The molecule has 0 bridgehead atoms.